The van der Waals surface area contributed by atoms with Crippen molar-refractivity contribution in [3.8, 4) is 0 Å². The number of nitrogens with one attached hydrogen (secondary N) is 2. The Morgan fingerprint density at radius 3 is 3.15 bits per heavy atom. The van der Waals surface area contributed by atoms with Crippen LogP contribution >= 0.6 is 0 Å². The van der Waals surface area contributed by atoms with Gasteiger partial charge in [-0.25, -0.2) is 14.2 Å². The number of aromatic amines is 2. The first-order valence-corrected chi connectivity index (χ1v) is 8.65. The topological polar surface area (TPSA) is 86.9 Å². The van der Waals surface area contributed by atoms with Gasteiger partial charge < -0.3 is 9.72 Å². The molecule has 0 radical (unpaired) electrons. The standard InChI is InChI=1S/C18H20FN5O2/c1-26-18(25)16-11(9-20-23-16)10-24-7-3-2-4-15(24)17-21-13-6-5-12(19)8-14(13)22-17/h5-6,8-9,15H,2-4,7,10H2,1H3,(H,20,23)(H,21,22)/t15-/m1/s1. The molecule has 136 valence electrons. The molecule has 0 saturated carbocycles. The maximum Gasteiger partial charge on any atom is 0.356 e. The lowest BCUT2D eigenvalue weighted by atomic mass is 10.0. The average molecular weight is 357 g/mol. The largest absolute Gasteiger partial charge is 0.464 e. The van der Waals surface area contributed by atoms with Gasteiger partial charge in [-0.15, -0.1) is 0 Å². The number of aromatic nitrogens is 4. The number of H-pyrrole nitrogens is 2. The summed E-state index contributed by atoms with van der Waals surface area (Å²) in [5.74, 6) is 0.119. The van der Waals surface area contributed by atoms with E-state index < -0.39 is 5.97 Å². The van der Waals surface area contributed by atoms with Gasteiger partial charge in [-0.2, -0.15) is 5.10 Å². The summed E-state index contributed by atoms with van der Waals surface area (Å²) in [5.41, 5.74) is 2.63. The highest BCUT2D eigenvalue weighted by Gasteiger charge is 2.28. The minimum Gasteiger partial charge on any atom is -0.464 e. The maximum atomic E-state index is 13.5. The van der Waals surface area contributed by atoms with Crippen LogP contribution in [0.25, 0.3) is 11.0 Å². The van der Waals surface area contributed by atoms with Gasteiger partial charge in [0.2, 0.25) is 0 Å². The lowest BCUT2D eigenvalue weighted by Gasteiger charge is -2.34. The quantitative estimate of drug-likeness (QED) is 0.701. The number of fused-ring (bicyclic) bond motifs is 1. The predicted octanol–water partition coefficient (Wildman–Crippen LogP) is 2.94. The third-order valence-corrected chi connectivity index (χ3v) is 4.87. The Hall–Kier alpha value is -2.74. The number of carbonyl (C=O) groups excluding carboxylic acids is 1. The van der Waals surface area contributed by atoms with Gasteiger partial charge in [0.25, 0.3) is 0 Å². The zero-order chi connectivity index (χ0) is 18.1. The Morgan fingerprint density at radius 1 is 1.42 bits per heavy atom. The Kier molecular flexibility index (Phi) is 4.42. The van der Waals surface area contributed by atoms with E-state index in [1.807, 2.05) is 0 Å². The van der Waals surface area contributed by atoms with Crippen molar-refractivity contribution in [3.63, 3.8) is 0 Å². The first kappa shape index (κ1) is 16.7. The fourth-order valence-corrected chi connectivity index (χ4v) is 3.58. The molecular weight excluding hydrogens is 337 g/mol. The molecule has 1 aliphatic rings. The SMILES string of the molecule is COC(=O)c1[nH]ncc1CN1CCCC[C@@H]1c1nc2ccc(F)cc2[nH]1. The molecule has 4 rings (SSSR count). The van der Waals surface area contributed by atoms with E-state index in [1.165, 1.54) is 19.2 Å². The van der Waals surface area contributed by atoms with Crippen LogP contribution in [0.4, 0.5) is 4.39 Å². The number of methoxy groups -OCH3 is 1. The fourth-order valence-electron chi connectivity index (χ4n) is 3.58. The van der Waals surface area contributed by atoms with Crippen LogP contribution in [0.15, 0.2) is 24.4 Å². The lowest BCUT2D eigenvalue weighted by molar-refractivity contribution is 0.0589. The molecular formula is C18H20FN5O2. The molecule has 2 aromatic heterocycles. The monoisotopic (exact) mass is 357 g/mol. The maximum absolute atomic E-state index is 13.5. The molecule has 3 aromatic rings. The summed E-state index contributed by atoms with van der Waals surface area (Å²) in [6.45, 7) is 1.46. The van der Waals surface area contributed by atoms with E-state index in [0.717, 1.165) is 42.7 Å². The van der Waals surface area contributed by atoms with Crippen molar-refractivity contribution in [1.82, 2.24) is 25.1 Å². The highest BCUT2D eigenvalue weighted by atomic mass is 19.1. The van der Waals surface area contributed by atoms with Gasteiger partial charge in [-0.1, -0.05) is 6.42 Å². The Labute approximate surface area is 149 Å². The summed E-state index contributed by atoms with van der Waals surface area (Å²) < 4.78 is 18.3. The Morgan fingerprint density at radius 2 is 2.31 bits per heavy atom. The molecule has 1 saturated heterocycles. The smallest absolute Gasteiger partial charge is 0.356 e. The fraction of sp³-hybridized carbons (Fsp3) is 0.389. The summed E-state index contributed by atoms with van der Waals surface area (Å²) in [5, 5.41) is 6.69. The van der Waals surface area contributed by atoms with Gasteiger partial charge in [0.1, 0.15) is 17.3 Å². The van der Waals surface area contributed by atoms with Crippen molar-refractivity contribution in [2.75, 3.05) is 13.7 Å². The molecule has 1 fully saturated rings. The third kappa shape index (κ3) is 3.08. The van der Waals surface area contributed by atoms with Gasteiger partial charge >= 0.3 is 5.97 Å². The molecule has 0 aliphatic carbocycles. The Bertz CT molecular complexity index is 935. The molecule has 3 heterocycles. The second-order valence-corrected chi connectivity index (χ2v) is 6.53. The van der Waals surface area contributed by atoms with Crippen LogP contribution in [0.3, 0.4) is 0 Å². The first-order valence-electron chi connectivity index (χ1n) is 8.65. The molecule has 2 N–H and O–H groups in total. The minimum absolute atomic E-state index is 0.0830. The highest BCUT2D eigenvalue weighted by Crippen LogP contribution is 2.32. The third-order valence-electron chi connectivity index (χ3n) is 4.87. The molecule has 0 bridgehead atoms. The zero-order valence-corrected chi connectivity index (χ0v) is 14.5. The number of piperidine rings is 1. The van der Waals surface area contributed by atoms with E-state index in [1.54, 1.807) is 12.3 Å². The number of hydrogen-bond acceptors (Lipinski definition) is 5. The number of rotatable bonds is 4. The van der Waals surface area contributed by atoms with E-state index in [-0.39, 0.29) is 11.9 Å². The van der Waals surface area contributed by atoms with Crippen LogP contribution in [-0.4, -0.2) is 44.7 Å². The first-order chi connectivity index (χ1) is 12.7. The number of nitrogens with zero attached hydrogens (tertiary/aromatic N) is 3. The van der Waals surface area contributed by atoms with Gasteiger partial charge in [0, 0.05) is 12.1 Å². The number of imidazole rings is 1. The molecule has 1 atom stereocenters. The predicted molar refractivity (Wildman–Crippen MR) is 93.0 cm³/mol. The normalized spacial score (nSPS) is 18.3. The van der Waals surface area contributed by atoms with Crippen LogP contribution in [0.2, 0.25) is 0 Å². The van der Waals surface area contributed by atoms with Gasteiger partial charge in [-0.05, 0) is 37.6 Å². The molecule has 7 nitrogen and oxygen atoms in total. The van der Waals surface area contributed by atoms with Crippen molar-refractivity contribution in [2.24, 2.45) is 0 Å². The highest BCUT2D eigenvalue weighted by molar-refractivity contribution is 5.88. The van der Waals surface area contributed by atoms with E-state index in [9.17, 15) is 9.18 Å². The van der Waals surface area contributed by atoms with Crippen LogP contribution in [-0.2, 0) is 11.3 Å². The van der Waals surface area contributed by atoms with Crippen molar-refractivity contribution < 1.29 is 13.9 Å². The minimum atomic E-state index is -0.426. The number of ether oxygens (including phenoxy) is 1. The Balaban J connectivity index is 1.62. The van der Waals surface area contributed by atoms with Crippen LogP contribution < -0.4 is 0 Å². The molecule has 0 spiro atoms. The zero-order valence-electron chi connectivity index (χ0n) is 14.5. The second kappa shape index (κ2) is 6.87. The number of carbonyl (C=O) groups is 1. The number of benzene rings is 1. The van der Waals surface area contributed by atoms with Gasteiger partial charge in [0.05, 0.1) is 30.4 Å². The summed E-state index contributed by atoms with van der Waals surface area (Å²) in [6.07, 6.45) is 4.79. The van der Waals surface area contributed by atoms with Crippen LogP contribution in [0.1, 0.15) is 47.2 Å². The van der Waals surface area contributed by atoms with Gasteiger partial charge in [0.15, 0.2) is 0 Å². The number of halogens is 1. The van der Waals surface area contributed by atoms with Crippen molar-refractivity contribution in [1.29, 1.82) is 0 Å². The van der Waals surface area contributed by atoms with Crippen molar-refractivity contribution in [3.05, 3.63) is 47.3 Å². The van der Waals surface area contributed by atoms with Crippen molar-refractivity contribution in [2.45, 2.75) is 31.8 Å². The van der Waals surface area contributed by atoms with Crippen LogP contribution in [0, 0.1) is 5.82 Å². The molecule has 0 unspecified atom stereocenters. The number of likely N-dealkylation sites (tertiary alicyclic amines) is 1. The average Bonchev–Trinajstić information content (AvgIpc) is 3.28. The summed E-state index contributed by atoms with van der Waals surface area (Å²) in [4.78, 5) is 22.1. The molecule has 0 amide bonds. The van der Waals surface area contributed by atoms with Crippen LogP contribution in [0.5, 0.6) is 0 Å². The van der Waals surface area contributed by atoms with Crippen molar-refractivity contribution >= 4 is 17.0 Å². The second-order valence-electron chi connectivity index (χ2n) is 6.53. The number of esters is 1. The number of hydrogen-bond donors (Lipinski definition) is 2. The molecule has 1 aliphatic heterocycles. The summed E-state index contributed by atoms with van der Waals surface area (Å²) >= 11 is 0. The van der Waals surface area contributed by atoms with E-state index in [4.69, 9.17) is 4.74 Å². The molecule has 26 heavy (non-hydrogen) atoms. The van der Waals surface area contributed by atoms with Gasteiger partial charge in [-0.3, -0.25) is 10.00 Å². The van der Waals surface area contributed by atoms with E-state index >= 15 is 0 Å². The van der Waals surface area contributed by atoms with E-state index in [2.05, 4.69) is 25.1 Å². The molecule has 8 heteroatoms. The van der Waals surface area contributed by atoms with E-state index in [0.29, 0.717) is 17.8 Å². The summed E-state index contributed by atoms with van der Waals surface area (Å²) in [6, 6.07) is 4.65. The molecule has 1 aromatic carbocycles. The summed E-state index contributed by atoms with van der Waals surface area (Å²) in [7, 11) is 1.35. The lowest BCUT2D eigenvalue weighted by Crippen LogP contribution is -2.34.